The number of carboxylic acid groups (broad SMARTS) is 1. The van der Waals surface area contributed by atoms with Gasteiger partial charge in [0.05, 0.1) is 6.61 Å². The maximum Gasteiger partial charge on any atom is 0.376 e. The third-order valence-corrected chi connectivity index (χ3v) is 1.01. The first-order valence-corrected chi connectivity index (χ1v) is 4.09. The molecule has 0 rings (SSSR count). The van der Waals surface area contributed by atoms with Gasteiger partial charge < -0.3 is 9.84 Å². The van der Waals surface area contributed by atoms with E-state index in [9.17, 15) is 27.2 Å². The van der Waals surface area contributed by atoms with Crippen molar-refractivity contribution < 1.29 is 37.0 Å². The molecule has 4 nitrogen and oxygen atoms in total. The molecule has 0 aromatic carbocycles. The minimum Gasteiger partial charge on any atom is -0.477 e. The molecular formula is C8H12F4O4. The zero-order valence-corrected chi connectivity index (χ0v) is 8.89. The van der Waals surface area contributed by atoms with Crippen molar-refractivity contribution in [2.45, 2.75) is 32.6 Å². The van der Waals surface area contributed by atoms with E-state index >= 15 is 0 Å². The zero-order chi connectivity index (χ0) is 13.6. The van der Waals surface area contributed by atoms with Crippen molar-refractivity contribution in [2.75, 3.05) is 6.61 Å². The smallest absolute Gasteiger partial charge is 0.376 e. The van der Waals surface area contributed by atoms with Crippen molar-refractivity contribution in [2.24, 2.45) is 0 Å². The molecule has 0 aromatic rings. The van der Waals surface area contributed by atoms with Gasteiger partial charge in [-0.3, -0.25) is 0 Å². The van der Waals surface area contributed by atoms with Gasteiger partial charge in [0, 0.05) is 13.8 Å². The Hall–Kier alpha value is -1.34. The topological polar surface area (TPSA) is 63.6 Å². The van der Waals surface area contributed by atoms with Crippen LogP contribution in [0.15, 0.2) is 0 Å². The Morgan fingerprint density at radius 2 is 1.44 bits per heavy atom. The Bertz CT molecular complexity index is 241. The summed E-state index contributed by atoms with van der Waals surface area (Å²) in [6, 6.07) is 0. The fourth-order valence-electron chi connectivity index (χ4n) is 0.258. The van der Waals surface area contributed by atoms with E-state index < -0.39 is 23.8 Å². The molecule has 0 aliphatic carbocycles. The molecule has 0 aromatic heterocycles. The monoisotopic (exact) mass is 248 g/mol. The molecule has 0 atom stereocenters. The van der Waals surface area contributed by atoms with E-state index in [-0.39, 0.29) is 6.61 Å². The van der Waals surface area contributed by atoms with Crippen molar-refractivity contribution in [1.29, 1.82) is 0 Å². The van der Waals surface area contributed by atoms with E-state index in [2.05, 4.69) is 4.74 Å². The number of carboxylic acids is 1. The third kappa shape index (κ3) is 9.22. The maximum atomic E-state index is 11.8. The molecule has 0 aliphatic heterocycles. The second kappa shape index (κ2) is 6.29. The van der Waals surface area contributed by atoms with Crippen LogP contribution >= 0.6 is 0 Å². The summed E-state index contributed by atoms with van der Waals surface area (Å²) >= 11 is 0. The highest BCUT2D eigenvalue weighted by molar-refractivity contribution is 5.76. The molecule has 96 valence electrons. The predicted octanol–water partition coefficient (Wildman–Crippen LogP) is 1.93. The molecule has 0 fully saturated rings. The molecular weight excluding hydrogens is 236 g/mol. The summed E-state index contributed by atoms with van der Waals surface area (Å²) in [4.78, 5) is 19.4. The van der Waals surface area contributed by atoms with Gasteiger partial charge in [-0.1, -0.05) is 0 Å². The van der Waals surface area contributed by atoms with Crippen molar-refractivity contribution in [1.82, 2.24) is 0 Å². The summed E-state index contributed by atoms with van der Waals surface area (Å²) in [6.45, 7) is 2.30. The second-order valence-corrected chi connectivity index (χ2v) is 2.80. The summed E-state index contributed by atoms with van der Waals surface area (Å²) in [5.74, 6) is -10.5. The number of ether oxygens (including phenoxy) is 1. The average molecular weight is 248 g/mol. The number of esters is 1. The van der Waals surface area contributed by atoms with Gasteiger partial charge in [-0.15, -0.1) is 0 Å². The zero-order valence-electron chi connectivity index (χ0n) is 8.89. The normalized spacial score (nSPS) is 11.2. The number of aliphatic carboxylic acids is 1. The fourth-order valence-corrected chi connectivity index (χ4v) is 0.258. The first kappa shape index (κ1) is 17.1. The Kier molecular flexibility index (Phi) is 6.71. The van der Waals surface area contributed by atoms with Gasteiger partial charge in [-0.05, 0) is 6.92 Å². The van der Waals surface area contributed by atoms with Crippen LogP contribution in [-0.2, 0) is 14.3 Å². The standard InChI is InChI=1S/C5H8F2O2.C3H4F2O2/c1-3-9-4(8)5(2,6)7;1-3(4,5)2(6)7/h3H2,1-2H3;1H3,(H,6,7). The Morgan fingerprint density at radius 3 is 1.50 bits per heavy atom. The minimum absolute atomic E-state index is 0.0116. The lowest BCUT2D eigenvalue weighted by Crippen LogP contribution is -2.26. The van der Waals surface area contributed by atoms with Gasteiger partial charge in [0.15, 0.2) is 0 Å². The van der Waals surface area contributed by atoms with E-state index in [0.717, 1.165) is 0 Å². The SMILES string of the molecule is CC(F)(F)C(=O)O.CCOC(=O)C(C)(F)F. The number of rotatable bonds is 3. The molecule has 0 spiro atoms. The molecule has 0 saturated carbocycles. The minimum atomic E-state index is -3.58. The lowest BCUT2D eigenvalue weighted by Gasteiger charge is -2.06. The molecule has 0 bridgehead atoms. The molecule has 0 aliphatic rings. The van der Waals surface area contributed by atoms with Gasteiger partial charge >= 0.3 is 23.8 Å². The fraction of sp³-hybridized carbons (Fsp3) is 0.750. The van der Waals surface area contributed by atoms with Gasteiger partial charge in [0.25, 0.3) is 0 Å². The molecule has 0 unspecified atom stereocenters. The first-order chi connectivity index (χ1) is 6.92. The number of hydrogen-bond donors (Lipinski definition) is 1. The average Bonchev–Trinajstić information content (AvgIpc) is 2.02. The quantitative estimate of drug-likeness (QED) is 0.612. The molecule has 8 heteroatoms. The van der Waals surface area contributed by atoms with Crippen LogP contribution < -0.4 is 0 Å². The highest BCUT2D eigenvalue weighted by Gasteiger charge is 2.33. The van der Waals surface area contributed by atoms with Crippen molar-refractivity contribution in [3.8, 4) is 0 Å². The van der Waals surface area contributed by atoms with E-state index in [1.54, 1.807) is 0 Å². The number of carbonyl (C=O) groups is 2. The van der Waals surface area contributed by atoms with E-state index in [1.165, 1.54) is 6.92 Å². The highest BCUT2D eigenvalue weighted by atomic mass is 19.3. The Morgan fingerprint density at radius 1 is 1.12 bits per heavy atom. The van der Waals surface area contributed by atoms with Crippen LogP contribution in [-0.4, -0.2) is 35.5 Å². The number of carbonyl (C=O) groups excluding carboxylic acids is 1. The molecule has 16 heavy (non-hydrogen) atoms. The van der Waals surface area contributed by atoms with Gasteiger partial charge in [0.1, 0.15) is 0 Å². The predicted molar refractivity (Wildman–Crippen MR) is 45.5 cm³/mol. The van der Waals surface area contributed by atoms with Crippen LogP contribution in [0.5, 0.6) is 0 Å². The molecule has 0 heterocycles. The van der Waals surface area contributed by atoms with Crippen molar-refractivity contribution in [3.05, 3.63) is 0 Å². The lowest BCUT2D eigenvalue weighted by molar-refractivity contribution is -0.168. The first-order valence-electron chi connectivity index (χ1n) is 4.09. The van der Waals surface area contributed by atoms with Gasteiger partial charge in [-0.25, -0.2) is 9.59 Å². The number of hydrogen-bond acceptors (Lipinski definition) is 3. The van der Waals surface area contributed by atoms with Crippen LogP contribution in [0.25, 0.3) is 0 Å². The summed E-state index contributed by atoms with van der Waals surface area (Å²) in [5, 5.41) is 7.50. The molecule has 0 amide bonds. The Balaban J connectivity index is 0. The molecule has 0 radical (unpaired) electrons. The van der Waals surface area contributed by atoms with Crippen LogP contribution in [0.2, 0.25) is 0 Å². The summed E-state index contributed by atoms with van der Waals surface area (Å²) in [7, 11) is 0. The van der Waals surface area contributed by atoms with Crippen LogP contribution in [0.4, 0.5) is 17.6 Å². The largest absolute Gasteiger partial charge is 0.477 e. The van der Waals surface area contributed by atoms with Crippen molar-refractivity contribution in [3.63, 3.8) is 0 Å². The lowest BCUT2D eigenvalue weighted by atomic mass is 10.4. The Labute approximate surface area is 89.2 Å². The summed E-state index contributed by atoms with van der Waals surface area (Å²) < 4.78 is 50.2. The molecule has 1 N–H and O–H groups in total. The molecule has 0 saturated heterocycles. The van der Waals surface area contributed by atoms with E-state index in [1.807, 2.05) is 0 Å². The van der Waals surface area contributed by atoms with Crippen LogP contribution in [0.1, 0.15) is 20.8 Å². The maximum absolute atomic E-state index is 11.8. The number of alkyl halides is 4. The van der Waals surface area contributed by atoms with Gasteiger partial charge in [0.2, 0.25) is 0 Å². The van der Waals surface area contributed by atoms with Crippen molar-refractivity contribution >= 4 is 11.9 Å². The van der Waals surface area contributed by atoms with E-state index in [0.29, 0.717) is 13.8 Å². The van der Waals surface area contributed by atoms with Crippen LogP contribution in [0, 0.1) is 0 Å². The highest BCUT2D eigenvalue weighted by Crippen LogP contribution is 2.12. The summed E-state index contributed by atoms with van der Waals surface area (Å²) in [6.07, 6.45) is 0. The number of halogens is 4. The van der Waals surface area contributed by atoms with Crippen LogP contribution in [0.3, 0.4) is 0 Å². The summed E-state index contributed by atoms with van der Waals surface area (Å²) in [5.41, 5.74) is 0. The van der Waals surface area contributed by atoms with E-state index in [4.69, 9.17) is 5.11 Å². The second-order valence-electron chi connectivity index (χ2n) is 2.80. The third-order valence-electron chi connectivity index (χ3n) is 1.01. The van der Waals surface area contributed by atoms with Gasteiger partial charge in [-0.2, -0.15) is 17.6 Å².